The second-order valence-electron chi connectivity index (χ2n) is 3.55. The van der Waals surface area contributed by atoms with Gasteiger partial charge in [-0.25, -0.2) is 4.98 Å². The highest BCUT2D eigenvalue weighted by Gasteiger charge is 2.05. The van der Waals surface area contributed by atoms with Crippen LogP contribution >= 0.6 is 0 Å². The van der Waals surface area contributed by atoms with Gasteiger partial charge in [-0.05, 0) is 18.4 Å². The first-order valence-corrected chi connectivity index (χ1v) is 4.93. The molecule has 78 valence electrons. The molecule has 1 heterocycles. The third kappa shape index (κ3) is 2.34. The van der Waals surface area contributed by atoms with Crippen LogP contribution in [-0.4, -0.2) is 15.5 Å². The summed E-state index contributed by atoms with van der Waals surface area (Å²) in [7, 11) is 0. The van der Waals surface area contributed by atoms with Crippen molar-refractivity contribution in [3.05, 3.63) is 42.0 Å². The van der Waals surface area contributed by atoms with Crippen molar-refractivity contribution in [3.8, 4) is 0 Å². The molecule has 1 aromatic rings. The molecule has 0 radical (unpaired) electrons. The molecule has 0 atom stereocenters. The molecule has 0 spiro atoms. The maximum absolute atomic E-state index is 10.8. The van der Waals surface area contributed by atoms with Crippen LogP contribution in [-0.2, 0) is 6.54 Å². The first-order valence-electron chi connectivity index (χ1n) is 4.93. The highest BCUT2D eigenvalue weighted by atomic mass is 16.1. The fourth-order valence-corrected chi connectivity index (χ4v) is 1.57. The first kappa shape index (κ1) is 9.71. The Bertz CT molecular complexity index is 429. The minimum atomic E-state index is -0.484. The standard InChI is InChI=1S/C11H13N3O/c12-11(15)10-7-14(8-13-10)6-9-4-2-1-3-5-9/h2,4-5,7-8H,1,3,6H2,(H2,12,15). The van der Waals surface area contributed by atoms with Crippen molar-refractivity contribution < 1.29 is 4.79 Å². The van der Waals surface area contributed by atoms with E-state index in [-0.39, 0.29) is 0 Å². The Kier molecular flexibility index (Phi) is 2.67. The van der Waals surface area contributed by atoms with Gasteiger partial charge in [-0.1, -0.05) is 18.2 Å². The molecular weight excluding hydrogens is 190 g/mol. The van der Waals surface area contributed by atoms with Gasteiger partial charge in [0.2, 0.25) is 0 Å². The lowest BCUT2D eigenvalue weighted by molar-refractivity contribution is 0.0996. The summed E-state index contributed by atoms with van der Waals surface area (Å²) in [6, 6.07) is 0. The SMILES string of the molecule is NC(=O)c1cn(CC2=CCCC=C2)cn1. The molecule has 0 aromatic carbocycles. The Morgan fingerprint density at radius 2 is 2.40 bits per heavy atom. The molecule has 0 unspecified atom stereocenters. The van der Waals surface area contributed by atoms with Gasteiger partial charge in [0.1, 0.15) is 5.69 Å². The molecule has 0 saturated carbocycles. The molecular formula is C11H13N3O. The van der Waals surface area contributed by atoms with E-state index in [1.54, 1.807) is 12.5 Å². The predicted octanol–water partition coefficient (Wildman–Crippen LogP) is 1.26. The molecule has 0 fully saturated rings. The van der Waals surface area contributed by atoms with Crippen molar-refractivity contribution in [1.82, 2.24) is 9.55 Å². The number of nitrogens with zero attached hydrogens (tertiary/aromatic N) is 2. The van der Waals surface area contributed by atoms with E-state index in [9.17, 15) is 4.79 Å². The van der Waals surface area contributed by atoms with Gasteiger partial charge in [-0.2, -0.15) is 0 Å². The van der Waals surface area contributed by atoms with Gasteiger partial charge in [0.05, 0.1) is 6.33 Å². The van der Waals surface area contributed by atoms with Crippen molar-refractivity contribution >= 4 is 5.91 Å². The van der Waals surface area contributed by atoms with Gasteiger partial charge in [0.25, 0.3) is 5.91 Å². The van der Waals surface area contributed by atoms with Gasteiger partial charge in [-0.3, -0.25) is 4.79 Å². The number of allylic oxidation sites excluding steroid dienone is 4. The Morgan fingerprint density at radius 1 is 1.53 bits per heavy atom. The monoisotopic (exact) mass is 203 g/mol. The van der Waals surface area contributed by atoms with E-state index in [1.807, 2.05) is 4.57 Å². The summed E-state index contributed by atoms with van der Waals surface area (Å²) in [6.45, 7) is 0.747. The Morgan fingerprint density at radius 3 is 3.00 bits per heavy atom. The second-order valence-corrected chi connectivity index (χ2v) is 3.55. The Labute approximate surface area is 88.1 Å². The molecule has 1 amide bonds. The van der Waals surface area contributed by atoms with Crippen LogP contribution in [0.5, 0.6) is 0 Å². The number of rotatable bonds is 3. The average molecular weight is 203 g/mol. The topological polar surface area (TPSA) is 60.9 Å². The summed E-state index contributed by atoms with van der Waals surface area (Å²) < 4.78 is 1.86. The summed E-state index contributed by atoms with van der Waals surface area (Å²) in [5, 5.41) is 0. The summed E-state index contributed by atoms with van der Waals surface area (Å²) in [5.41, 5.74) is 6.68. The van der Waals surface area contributed by atoms with E-state index in [4.69, 9.17) is 5.73 Å². The zero-order chi connectivity index (χ0) is 10.7. The van der Waals surface area contributed by atoms with Crippen molar-refractivity contribution in [2.24, 2.45) is 5.73 Å². The van der Waals surface area contributed by atoms with Gasteiger partial charge in [-0.15, -0.1) is 0 Å². The number of carbonyl (C=O) groups excluding carboxylic acids is 1. The third-order valence-corrected chi connectivity index (χ3v) is 2.32. The Balaban J connectivity index is 2.07. The smallest absolute Gasteiger partial charge is 0.268 e. The number of nitrogens with two attached hydrogens (primary N) is 1. The lowest BCUT2D eigenvalue weighted by Crippen LogP contribution is -2.11. The molecule has 1 aromatic heterocycles. The van der Waals surface area contributed by atoms with Crippen LogP contribution in [0, 0.1) is 0 Å². The van der Waals surface area contributed by atoms with Gasteiger partial charge < -0.3 is 10.3 Å². The molecule has 4 nitrogen and oxygen atoms in total. The third-order valence-electron chi connectivity index (χ3n) is 2.32. The summed E-state index contributed by atoms with van der Waals surface area (Å²) in [5.74, 6) is -0.484. The maximum atomic E-state index is 10.8. The number of primary amides is 1. The Hall–Kier alpha value is -1.84. The lowest BCUT2D eigenvalue weighted by atomic mass is 10.1. The highest BCUT2D eigenvalue weighted by molar-refractivity contribution is 5.90. The van der Waals surface area contributed by atoms with Crippen LogP contribution < -0.4 is 5.73 Å². The number of hydrogen-bond donors (Lipinski definition) is 1. The van der Waals surface area contributed by atoms with E-state index in [0.717, 1.165) is 19.4 Å². The lowest BCUT2D eigenvalue weighted by Gasteiger charge is -2.06. The molecule has 0 saturated heterocycles. The van der Waals surface area contributed by atoms with E-state index < -0.39 is 5.91 Å². The summed E-state index contributed by atoms with van der Waals surface area (Å²) in [4.78, 5) is 14.7. The first-order chi connectivity index (χ1) is 7.25. The largest absolute Gasteiger partial charge is 0.364 e. The molecule has 15 heavy (non-hydrogen) atoms. The van der Waals surface area contributed by atoms with Gasteiger partial charge in [0, 0.05) is 12.7 Å². The molecule has 0 aliphatic heterocycles. The summed E-state index contributed by atoms with van der Waals surface area (Å²) >= 11 is 0. The minimum absolute atomic E-state index is 0.315. The molecule has 4 heteroatoms. The van der Waals surface area contributed by atoms with Crippen molar-refractivity contribution in [2.45, 2.75) is 19.4 Å². The second kappa shape index (κ2) is 4.13. The van der Waals surface area contributed by atoms with Crippen molar-refractivity contribution in [2.75, 3.05) is 0 Å². The minimum Gasteiger partial charge on any atom is -0.364 e. The van der Waals surface area contributed by atoms with Crippen LogP contribution in [0.1, 0.15) is 23.3 Å². The van der Waals surface area contributed by atoms with Crippen LogP contribution in [0.15, 0.2) is 36.3 Å². The van der Waals surface area contributed by atoms with E-state index in [2.05, 4.69) is 23.2 Å². The molecule has 1 aliphatic carbocycles. The highest BCUT2D eigenvalue weighted by Crippen LogP contribution is 2.11. The summed E-state index contributed by atoms with van der Waals surface area (Å²) in [6.07, 6.45) is 12.0. The number of imidazole rings is 1. The van der Waals surface area contributed by atoms with Crippen LogP contribution in [0.4, 0.5) is 0 Å². The van der Waals surface area contributed by atoms with E-state index in [1.165, 1.54) is 5.57 Å². The van der Waals surface area contributed by atoms with E-state index >= 15 is 0 Å². The van der Waals surface area contributed by atoms with Crippen molar-refractivity contribution in [3.63, 3.8) is 0 Å². The average Bonchev–Trinajstić information content (AvgIpc) is 2.68. The number of amides is 1. The van der Waals surface area contributed by atoms with Gasteiger partial charge >= 0.3 is 0 Å². The normalized spacial score (nSPS) is 15.1. The maximum Gasteiger partial charge on any atom is 0.268 e. The zero-order valence-corrected chi connectivity index (χ0v) is 8.39. The van der Waals surface area contributed by atoms with E-state index in [0.29, 0.717) is 5.69 Å². The molecule has 0 bridgehead atoms. The fraction of sp³-hybridized carbons (Fsp3) is 0.273. The number of hydrogen-bond acceptors (Lipinski definition) is 2. The molecule has 2 N–H and O–H groups in total. The molecule has 2 rings (SSSR count). The molecule has 1 aliphatic rings. The fourth-order valence-electron chi connectivity index (χ4n) is 1.57. The zero-order valence-electron chi connectivity index (χ0n) is 8.39. The van der Waals surface area contributed by atoms with Crippen LogP contribution in [0.2, 0.25) is 0 Å². The number of carbonyl (C=O) groups is 1. The van der Waals surface area contributed by atoms with Crippen molar-refractivity contribution in [1.29, 1.82) is 0 Å². The quantitative estimate of drug-likeness (QED) is 0.803. The van der Waals surface area contributed by atoms with Crippen LogP contribution in [0.3, 0.4) is 0 Å². The predicted molar refractivity (Wildman–Crippen MR) is 57.2 cm³/mol. The van der Waals surface area contributed by atoms with Gasteiger partial charge in [0.15, 0.2) is 0 Å². The number of aromatic nitrogens is 2. The van der Waals surface area contributed by atoms with Crippen LogP contribution in [0.25, 0.3) is 0 Å².